The van der Waals surface area contributed by atoms with E-state index in [1.165, 1.54) is 0 Å². The first-order chi connectivity index (χ1) is 16.3. The number of hydrogen-bond acceptors (Lipinski definition) is 7. The molecule has 0 aromatic heterocycles. The summed E-state index contributed by atoms with van der Waals surface area (Å²) >= 11 is 0. The van der Waals surface area contributed by atoms with E-state index in [0.717, 1.165) is 0 Å². The zero-order chi connectivity index (χ0) is 27.1. The molecule has 0 aliphatic carbocycles. The Balaban J connectivity index is 5.56. The van der Waals surface area contributed by atoms with Crippen molar-refractivity contribution in [2.24, 2.45) is 23.3 Å². The van der Waals surface area contributed by atoms with E-state index >= 15 is 0 Å². The van der Waals surface area contributed by atoms with Crippen LogP contribution in [0.1, 0.15) is 72.6 Å². The standard InChI is InChI=1S/C23H43N5O7/c1-5-14(4)19(22(33)27-17(23(34)35)8-6-7-11-24)28-21(32)16(9-10-18(29)30)26-20(31)15(25)12-13(2)3/h13-17,19H,5-12,24-25H2,1-4H3,(H,26,31)(H,27,33)(H,28,32)(H,29,30)(H,34,35). The SMILES string of the molecule is CCC(C)C(NC(=O)C(CCC(=O)O)NC(=O)C(N)CC(C)C)C(=O)NC(CCCCN)C(=O)O. The van der Waals surface area contributed by atoms with Crippen LogP contribution in [0, 0.1) is 11.8 Å². The van der Waals surface area contributed by atoms with Crippen molar-refractivity contribution in [2.45, 2.75) is 96.8 Å². The summed E-state index contributed by atoms with van der Waals surface area (Å²) in [6.07, 6.45) is 1.58. The van der Waals surface area contributed by atoms with Gasteiger partial charge in [0.25, 0.3) is 0 Å². The maximum absolute atomic E-state index is 13.0. The molecule has 0 rings (SSSR count). The first-order valence-electron chi connectivity index (χ1n) is 12.1. The molecule has 9 N–H and O–H groups in total. The molecule has 0 spiro atoms. The highest BCUT2D eigenvalue weighted by atomic mass is 16.4. The summed E-state index contributed by atoms with van der Waals surface area (Å²) in [7, 11) is 0. The smallest absolute Gasteiger partial charge is 0.326 e. The first kappa shape index (κ1) is 32.3. The fraction of sp³-hybridized carbons (Fsp3) is 0.783. The van der Waals surface area contributed by atoms with Gasteiger partial charge in [-0.05, 0) is 50.5 Å². The minimum Gasteiger partial charge on any atom is -0.481 e. The molecule has 5 atom stereocenters. The van der Waals surface area contributed by atoms with Crippen molar-refractivity contribution >= 4 is 29.7 Å². The van der Waals surface area contributed by atoms with Crippen LogP contribution in [0.4, 0.5) is 0 Å². The van der Waals surface area contributed by atoms with Crippen molar-refractivity contribution < 1.29 is 34.2 Å². The molecule has 0 aliphatic heterocycles. The Morgan fingerprint density at radius 1 is 0.829 bits per heavy atom. The van der Waals surface area contributed by atoms with Gasteiger partial charge in [-0.15, -0.1) is 0 Å². The van der Waals surface area contributed by atoms with Crippen molar-refractivity contribution in [1.29, 1.82) is 0 Å². The second-order valence-corrected chi connectivity index (χ2v) is 9.29. The third-order valence-corrected chi connectivity index (χ3v) is 5.70. The molecule has 12 nitrogen and oxygen atoms in total. The Morgan fingerprint density at radius 3 is 1.91 bits per heavy atom. The van der Waals surface area contributed by atoms with Gasteiger partial charge in [0.1, 0.15) is 18.1 Å². The molecule has 0 radical (unpaired) electrons. The van der Waals surface area contributed by atoms with Crippen LogP contribution in [-0.4, -0.2) is 70.6 Å². The maximum Gasteiger partial charge on any atom is 0.326 e. The van der Waals surface area contributed by atoms with Gasteiger partial charge in [0.2, 0.25) is 17.7 Å². The summed E-state index contributed by atoms with van der Waals surface area (Å²) in [5, 5.41) is 26.0. The second kappa shape index (κ2) is 16.8. The number of rotatable bonds is 18. The predicted molar refractivity (Wildman–Crippen MR) is 130 cm³/mol. The predicted octanol–water partition coefficient (Wildman–Crippen LogP) is -0.0613. The average molecular weight is 502 g/mol. The molecule has 35 heavy (non-hydrogen) atoms. The number of nitrogens with one attached hydrogen (secondary N) is 3. The minimum atomic E-state index is -1.23. The van der Waals surface area contributed by atoms with Gasteiger partial charge < -0.3 is 37.6 Å². The molecule has 202 valence electrons. The Hall–Kier alpha value is -2.73. The number of aliphatic carboxylic acids is 2. The van der Waals surface area contributed by atoms with Crippen LogP contribution in [0.5, 0.6) is 0 Å². The van der Waals surface area contributed by atoms with Gasteiger partial charge in [-0.25, -0.2) is 4.79 Å². The summed E-state index contributed by atoms with van der Waals surface area (Å²) in [6.45, 7) is 7.70. The Labute approximate surface area is 206 Å². The molecule has 0 aromatic rings. The summed E-state index contributed by atoms with van der Waals surface area (Å²) in [5.41, 5.74) is 11.3. The van der Waals surface area contributed by atoms with Gasteiger partial charge >= 0.3 is 11.9 Å². The third kappa shape index (κ3) is 13.1. The zero-order valence-corrected chi connectivity index (χ0v) is 21.2. The molecular weight excluding hydrogens is 458 g/mol. The number of carbonyl (C=O) groups excluding carboxylic acids is 3. The molecule has 0 saturated carbocycles. The van der Waals surface area contributed by atoms with Gasteiger partial charge in [-0.1, -0.05) is 34.1 Å². The molecular formula is C23H43N5O7. The van der Waals surface area contributed by atoms with E-state index in [2.05, 4.69) is 16.0 Å². The van der Waals surface area contributed by atoms with Crippen LogP contribution in [0.25, 0.3) is 0 Å². The lowest BCUT2D eigenvalue weighted by molar-refractivity contribution is -0.143. The summed E-state index contributed by atoms with van der Waals surface area (Å²) in [5.74, 6) is -4.60. The van der Waals surface area contributed by atoms with Crippen LogP contribution in [0.15, 0.2) is 0 Å². The van der Waals surface area contributed by atoms with Gasteiger partial charge in [-0.2, -0.15) is 0 Å². The van der Waals surface area contributed by atoms with Crippen LogP contribution in [-0.2, 0) is 24.0 Å². The molecule has 0 aromatic carbocycles. The Morgan fingerprint density at radius 2 is 1.43 bits per heavy atom. The number of carbonyl (C=O) groups is 5. The zero-order valence-electron chi connectivity index (χ0n) is 21.2. The van der Waals surface area contributed by atoms with E-state index in [1.807, 2.05) is 20.8 Å². The molecule has 0 heterocycles. The van der Waals surface area contributed by atoms with E-state index < -0.39 is 53.8 Å². The fourth-order valence-corrected chi connectivity index (χ4v) is 3.40. The number of amides is 3. The Bertz CT molecular complexity index is 716. The molecule has 0 bridgehead atoms. The molecule has 0 aliphatic rings. The highest BCUT2D eigenvalue weighted by molar-refractivity contribution is 5.94. The number of carboxylic acid groups (broad SMARTS) is 2. The number of hydrogen-bond donors (Lipinski definition) is 7. The quantitative estimate of drug-likeness (QED) is 0.125. The second-order valence-electron chi connectivity index (χ2n) is 9.29. The van der Waals surface area contributed by atoms with Crippen molar-refractivity contribution in [3.05, 3.63) is 0 Å². The van der Waals surface area contributed by atoms with Crippen molar-refractivity contribution in [1.82, 2.24) is 16.0 Å². The highest BCUT2D eigenvalue weighted by Gasteiger charge is 2.32. The molecule has 12 heteroatoms. The lowest BCUT2D eigenvalue weighted by Crippen LogP contribution is -2.58. The minimum absolute atomic E-state index is 0.132. The lowest BCUT2D eigenvalue weighted by atomic mass is 9.96. The van der Waals surface area contributed by atoms with Crippen LogP contribution >= 0.6 is 0 Å². The van der Waals surface area contributed by atoms with Crippen molar-refractivity contribution in [3.63, 3.8) is 0 Å². The van der Waals surface area contributed by atoms with E-state index in [4.69, 9.17) is 16.6 Å². The molecule has 0 fully saturated rings. The Kier molecular flexibility index (Phi) is 15.5. The van der Waals surface area contributed by atoms with Crippen LogP contribution < -0.4 is 27.4 Å². The van der Waals surface area contributed by atoms with Crippen LogP contribution in [0.3, 0.4) is 0 Å². The monoisotopic (exact) mass is 501 g/mol. The normalized spacial score (nSPS) is 15.4. The number of unbranched alkanes of at least 4 members (excludes halogenated alkanes) is 1. The molecule has 0 saturated heterocycles. The number of nitrogens with two attached hydrogens (primary N) is 2. The van der Waals surface area contributed by atoms with E-state index in [9.17, 15) is 29.1 Å². The van der Waals surface area contributed by atoms with Gasteiger partial charge in [0, 0.05) is 6.42 Å². The van der Waals surface area contributed by atoms with E-state index in [-0.39, 0.29) is 31.1 Å². The topological polar surface area (TPSA) is 214 Å². The maximum atomic E-state index is 13.0. The van der Waals surface area contributed by atoms with E-state index in [0.29, 0.717) is 32.2 Å². The molecule has 5 unspecified atom stereocenters. The highest BCUT2D eigenvalue weighted by Crippen LogP contribution is 2.11. The van der Waals surface area contributed by atoms with Gasteiger partial charge in [0.05, 0.1) is 6.04 Å². The van der Waals surface area contributed by atoms with Crippen molar-refractivity contribution in [2.75, 3.05) is 6.54 Å². The van der Waals surface area contributed by atoms with Crippen LogP contribution in [0.2, 0.25) is 0 Å². The summed E-state index contributed by atoms with van der Waals surface area (Å²) < 4.78 is 0. The summed E-state index contributed by atoms with van der Waals surface area (Å²) in [6, 6.07) is -4.34. The largest absolute Gasteiger partial charge is 0.481 e. The lowest BCUT2D eigenvalue weighted by Gasteiger charge is -2.28. The van der Waals surface area contributed by atoms with Gasteiger partial charge in [-0.3, -0.25) is 19.2 Å². The number of carboxylic acids is 2. The van der Waals surface area contributed by atoms with E-state index in [1.54, 1.807) is 6.92 Å². The third-order valence-electron chi connectivity index (χ3n) is 5.70. The average Bonchev–Trinajstić information content (AvgIpc) is 2.77. The first-order valence-corrected chi connectivity index (χ1v) is 12.1. The fourth-order valence-electron chi connectivity index (χ4n) is 3.40. The summed E-state index contributed by atoms with van der Waals surface area (Å²) in [4.78, 5) is 61.1. The molecule has 3 amide bonds. The van der Waals surface area contributed by atoms with Gasteiger partial charge in [0.15, 0.2) is 0 Å². The van der Waals surface area contributed by atoms with Crippen molar-refractivity contribution in [3.8, 4) is 0 Å².